The summed E-state index contributed by atoms with van der Waals surface area (Å²) in [6.45, 7) is 4.29. The van der Waals surface area contributed by atoms with Crippen LogP contribution in [0.4, 0.5) is 10.5 Å². The summed E-state index contributed by atoms with van der Waals surface area (Å²) >= 11 is 0. The molecule has 0 aliphatic carbocycles. The molecule has 0 saturated heterocycles. The predicted molar refractivity (Wildman–Crippen MR) is 132 cm³/mol. The summed E-state index contributed by atoms with van der Waals surface area (Å²) in [6, 6.07) is 21.4. The molecule has 0 spiro atoms. The highest BCUT2D eigenvalue weighted by Crippen LogP contribution is 2.35. The van der Waals surface area contributed by atoms with Gasteiger partial charge in [-0.3, -0.25) is 4.79 Å². The van der Waals surface area contributed by atoms with Crippen LogP contribution in [0.15, 0.2) is 79.4 Å². The third-order valence-electron chi connectivity index (χ3n) is 5.67. The number of hydrogen-bond acceptors (Lipinski definition) is 4. The van der Waals surface area contributed by atoms with Crippen LogP contribution < -0.4 is 25.0 Å². The third-order valence-corrected chi connectivity index (χ3v) is 5.67. The molecule has 1 heterocycles. The molecule has 2 N–H and O–H groups in total. The van der Waals surface area contributed by atoms with Gasteiger partial charge in [0.15, 0.2) is 11.5 Å². The van der Waals surface area contributed by atoms with E-state index in [0.29, 0.717) is 30.2 Å². The zero-order valence-electron chi connectivity index (χ0n) is 19.0. The lowest BCUT2D eigenvalue weighted by atomic mass is 10.0. The summed E-state index contributed by atoms with van der Waals surface area (Å²) in [5, 5.41) is 5.71. The first kappa shape index (κ1) is 22.9. The first-order chi connectivity index (χ1) is 16.5. The van der Waals surface area contributed by atoms with Crippen LogP contribution in [0.5, 0.6) is 11.5 Å². The lowest BCUT2D eigenvalue weighted by Crippen LogP contribution is -2.51. The Balaban J connectivity index is 1.48. The number of carbonyl (C=O) groups excluding carboxylic acids is 2. The van der Waals surface area contributed by atoms with Crippen LogP contribution in [0.1, 0.15) is 16.7 Å². The predicted octanol–water partition coefficient (Wildman–Crippen LogP) is 4.13. The summed E-state index contributed by atoms with van der Waals surface area (Å²) in [6.07, 6.45) is 2.10. The second-order valence-electron chi connectivity index (χ2n) is 7.91. The van der Waals surface area contributed by atoms with Gasteiger partial charge in [0.2, 0.25) is 12.7 Å². The largest absolute Gasteiger partial charge is 0.454 e. The molecule has 3 aromatic carbocycles. The molecule has 4 rings (SSSR count). The van der Waals surface area contributed by atoms with Gasteiger partial charge in [-0.25, -0.2) is 4.79 Å². The molecule has 0 fully saturated rings. The highest BCUT2D eigenvalue weighted by atomic mass is 16.7. The highest BCUT2D eigenvalue weighted by Gasteiger charge is 2.26. The van der Waals surface area contributed by atoms with E-state index in [1.165, 1.54) is 4.90 Å². The van der Waals surface area contributed by atoms with E-state index in [4.69, 9.17) is 9.47 Å². The Morgan fingerprint density at radius 2 is 1.76 bits per heavy atom. The van der Waals surface area contributed by atoms with Gasteiger partial charge in [-0.1, -0.05) is 67.3 Å². The number of nitrogens with one attached hydrogen (secondary N) is 2. The van der Waals surface area contributed by atoms with Gasteiger partial charge in [0.25, 0.3) is 0 Å². The van der Waals surface area contributed by atoms with E-state index < -0.39 is 12.1 Å². The van der Waals surface area contributed by atoms with Crippen LogP contribution in [-0.4, -0.2) is 31.8 Å². The average Bonchev–Trinajstić information content (AvgIpc) is 3.35. The second kappa shape index (κ2) is 10.6. The van der Waals surface area contributed by atoms with Gasteiger partial charge in [-0.2, -0.15) is 0 Å². The normalized spacial score (nSPS) is 12.5. The second-order valence-corrected chi connectivity index (χ2v) is 7.91. The average molecular weight is 458 g/mol. The first-order valence-electron chi connectivity index (χ1n) is 11.0. The summed E-state index contributed by atoms with van der Waals surface area (Å²) in [7, 11) is 1.68. The number of fused-ring (bicyclic) bond motifs is 1. The molecular weight excluding hydrogens is 430 g/mol. The molecule has 3 aromatic rings. The minimum Gasteiger partial charge on any atom is -0.454 e. The number of amides is 3. The zero-order valence-corrected chi connectivity index (χ0v) is 19.0. The third kappa shape index (κ3) is 5.38. The molecule has 1 aliphatic heterocycles. The van der Waals surface area contributed by atoms with Crippen LogP contribution in [-0.2, 0) is 17.8 Å². The molecule has 0 aromatic heterocycles. The van der Waals surface area contributed by atoms with E-state index in [2.05, 4.69) is 17.2 Å². The van der Waals surface area contributed by atoms with Gasteiger partial charge in [-0.05, 0) is 28.8 Å². The van der Waals surface area contributed by atoms with E-state index in [1.807, 2.05) is 54.6 Å². The van der Waals surface area contributed by atoms with Crippen molar-refractivity contribution in [3.05, 3.63) is 96.1 Å². The van der Waals surface area contributed by atoms with Crippen molar-refractivity contribution >= 4 is 23.7 Å². The number of benzene rings is 3. The molecule has 0 unspecified atom stereocenters. The van der Waals surface area contributed by atoms with Crippen LogP contribution in [0.2, 0.25) is 0 Å². The number of ether oxygens (including phenoxy) is 2. The molecule has 0 bridgehead atoms. The lowest BCUT2D eigenvalue weighted by Gasteiger charge is -2.25. The fourth-order valence-corrected chi connectivity index (χ4v) is 3.78. The Morgan fingerprint density at radius 1 is 1.03 bits per heavy atom. The van der Waals surface area contributed by atoms with E-state index in [9.17, 15) is 9.59 Å². The minimum absolute atomic E-state index is 0.157. The van der Waals surface area contributed by atoms with Gasteiger partial charge in [0.05, 0.1) is 0 Å². The van der Waals surface area contributed by atoms with Gasteiger partial charge in [-0.15, -0.1) is 0 Å². The standard InChI is InChI=1S/C27H27N3O4/c1-3-20-11-7-8-12-21(20)17-28-27(32)29-23(15-19-9-5-4-6-10-19)26(31)30(2)22-13-14-24-25(16-22)34-18-33-24/h3-14,16,23H,1,15,17-18H2,2H3,(H2,28,29,32)/t23-/m0/s1. The fraction of sp³-hybridized carbons (Fsp3) is 0.185. The summed E-state index contributed by atoms with van der Waals surface area (Å²) in [4.78, 5) is 27.8. The Hall–Kier alpha value is -4.26. The molecular formula is C27H27N3O4. The van der Waals surface area contributed by atoms with Crippen molar-refractivity contribution in [1.29, 1.82) is 0 Å². The Bertz CT molecular complexity index is 1180. The van der Waals surface area contributed by atoms with Gasteiger partial charge in [0.1, 0.15) is 6.04 Å². The van der Waals surface area contributed by atoms with Crippen LogP contribution in [0.3, 0.4) is 0 Å². The van der Waals surface area contributed by atoms with Crippen molar-refractivity contribution in [2.75, 3.05) is 18.7 Å². The number of nitrogens with zero attached hydrogens (tertiary/aromatic N) is 1. The number of anilines is 1. The quantitative estimate of drug-likeness (QED) is 0.533. The van der Waals surface area contributed by atoms with E-state index in [0.717, 1.165) is 16.7 Å². The Morgan fingerprint density at radius 3 is 2.56 bits per heavy atom. The van der Waals surface area contributed by atoms with E-state index in [-0.39, 0.29) is 12.7 Å². The summed E-state index contributed by atoms with van der Waals surface area (Å²) < 4.78 is 10.8. The molecule has 34 heavy (non-hydrogen) atoms. The van der Waals surface area contributed by atoms with Gasteiger partial charge in [0, 0.05) is 31.8 Å². The maximum Gasteiger partial charge on any atom is 0.315 e. The number of likely N-dealkylation sites (N-methyl/N-ethyl adjacent to an activating group) is 1. The van der Waals surface area contributed by atoms with E-state index in [1.54, 1.807) is 31.3 Å². The maximum atomic E-state index is 13.5. The molecule has 3 amide bonds. The molecule has 7 heteroatoms. The molecule has 174 valence electrons. The van der Waals surface area contributed by atoms with Crippen molar-refractivity contribution in [2.24, 2.45) is 0 Å². The number of hydrogen-bond donors (Lipinski definition) is 2. The topological polar surface area (TPSA) is 79.9 Å². The lowest BCUT2D eigenvalue weighted by molar-refractivity contribution is -0.120. The minimum atomic E-state index is -0.771. The van der Waals surface area contributed by atoms with Crippen molar-refractivity contribution in [1.82, 2.24) is 10.6 Å². The first-order valence-corrected chi connectivity index (χ1v) is 11.0. The molecule has 0 radical (unpaired) electrons. The smallest absolute Gasteiger partial charge is 0.315 e. The SMILES string of the molecule is C=Cc1ccccc1CNC(=O)N[C@@H](Cc1ccccc1)C(=O)N(C)c1ccc2c(c1)OCO2. The highest BCUT2D eigenvalue weighted by molar-refractivity contribution is 5.99. The Kier molecular flexibility index (Phi) is 7.13. The molecule has 1 atom stereocenters. The molecule has 0 saturated carbocycles. The van der Waals surface area contributed by atoms with Crippen molar-refractivity contribution in [3.8, 4) is 11.5 Å². The Labute approximate surface area is 199 Å². The maximum absolute atomic E-state index is 13.5. The van der Waals surface area contributed by atoms with Gasteiger partial charge >= 0.3 is 6.03 Å². The summed E-state index contributed by atoms with van der Waals surface area (Å²) in [5.41, 5.74) is 3.48. The molecule has 7 nitrogen and oxygen atoms in total. The van der Waals surface area contributed by atoms with Crippen molar-refractivity contribution < 1.29 is 19.1 Å². The fourth-order valence-electron chi connectivity index (χ4n) is 3.78. The monoisotopic (exact) mass is 457 g/mol. The van der Waals surface area contributed by atoms with Crippen LogP contribution in [0, 0.1) is 0 Å². The number of carbonyl (C=O) groups is 2. The van der Waals surface area contributed by atoms with Crippen molar-refractivity contribution in [3.63, 3.8) is 0 Å². The van der Waals surface area contributed by atoms with E-state index >= 15 is 0 Å². The summed E-state index contributed by atoms with van der Waals surface area (Å²) in [5.74, 6) is 0.982. The number of urea groups is 1. The number of rotatable bonds is 8. The van der Waals surface area contributed by atoms with Crippen molar-refractivity contribution in [2.45, 2.75) is 19.0 Å². The molecule has 1 aliphatic rings. The van der Waals surface area contributed by atoms with Crippen LogP contribution in [0.25, 0.3) is 6.08 Å². The van der Waals surface area contributed by atoms with Crippen LogP contribution >= 0.6 is 0 Å². The van der Waals surface area contributed by atoms with Gasteiger partial charge < -0.3 is 25.0 Å². The zero-order chi connectivity index (χ0) is 23.9.